The Morgan fingerprint density at radius 3 is 2.33 bits per heavy atom. The summed E-state index contributed by atoms with van der Waals surface area (Å²) in [7, 11) is 0. The van der Waals surface area contributed by atoms with Crippen LogP contribution in [0, 0.1) is 0 Å². The maximum atomic E-state index is 13.4. The van der Waals surface area contributed by atoms with Crippen molar-refractivity contribution in [2.24, 2.45) is 5.10 Å². The summed E-state index contributed by atoms with van der Waals surface area (Å²) in [6.07, 6.45) is 0.652. The number of aliphatic carboxylic acids is 1. The number of halogens is 1. The third-order valence-corrected chi connectivity index (χ3v) is 8.48. The van der Waals surface area contributed by atoms with Crippen LogP contribution in [0.4, 0.5) is 5.69 Å². The highest BCUT2D eigenvalue weighted by atomic mass is 35.5. The number of rotatable bonds is 10. The molecule has 45 heavy (non-hydrogen) atoms. The molecule has 1 N–H and O–H groups in total. The topological polar surface area (TPSA) is 105 Å². The van der Waals surface area contributed by atoms with E-state index in [0.29, 0.717) is 29.9 Å². The van der Waals surface area contributed by atoms with Crippen molar-refractivity contribution in [1.82, 2.24) is 9.99 Å². The minimum atomic E-state index is -0.936. The number of hydrogen-bond acceptors (Lipinski definition) is 7. The van der Waals surface area contributed by atoms with Gasteiger partial charge in [-0.3, -0.25) is 9.59 Å². The molecule has 2 aliphatic rings. The largest absolute Gasteiger partial charge is 0.494 e. The molecule has 3 heterocycles. The number of carboxylic acids is 1. The monoisotopic (exact) mass is 626 g/mol. The fourth-order valence-electron chi connectivity index (χ4n) is 5.83. The molecule has 9 nitrogen and oxygen atoms in total. The third kappa shape index (κ3) is 6.95. The molecule has 2 aliphatic heterocycles. The number of hydrogen-bond donors (Lipinski definition) is 1. The van der Waals surface area contributed by atoms with Crippen molar-refractivity contribution in [3.8, 4) is 16.9 Å². The number of carbonyl (C=O) groups is 2. The zero-order valence-electron chi connectivity index (χ0n) is 25.1. The molecule has 4 aromatic rings. The van der Waals surface area contributed by atoms with E-state index in [9.17, 15) is 9.59 Å². The lowest BCUT2D eigenvalue weighted by molar-refractivity contribution is -0.137. The van der Waals surface area contributed by atoms with Gasteiger partial charge < -0.3 is 19.5 Å². The second-order valence-electron chi connectivity index (χ2n) is 11.1. The lowest BCUT2D eigenvalue weighted by Gasteiger charge is -2.28. The van der Waals surface area contributed by atoms with E-state index in [-0.39, 0.29) is 30.3 Å². The summed E-state index contributed by atoms with van der Waals surface area (Å²) in [6.45, 7) is 5.75. The van der Waals surface area contributed by atoms with Crippen molar-refractivity contribution in [3.63, 3.8) is 0 Å². The summed E-state index contributed by atoms with van der Waals surface area (Å²) < 4.78 is 11.1. The van der Waals surface area contributed by atoms with Crippen LogP contribution >= 0.6 is 11.6 Å². The lowest BCUT2D eigenvalue weighted by Crippen LogP contribution is -2.36. The Bertz CT molecular complexity index is 1720. The normalized spacial score (nSPS) is 16.6. The first kappa shape index (κ1) is 30.6. The maximum Gasteiger partial charge on any atom is 0.303 e. The number of ether oxygens (including phenoxy) is 2. The van der Waals surface area contributed by atoms with Gasteiger partial charge in [-0.15, -0.1) is 0 Å². The SMILES string of the molecule is CCOc1ccc2cc(C3CC(c4ccc(-c5ccc(N6CCOCC6)cc5)cc4)=NN3C(=O)CCCC(=O)O)c(Cl)nc2c1. The van der Waals surface area contributed by atoms with E-state index in [0.717, 1.165) is 54.1 Å². The summed E-state index contributed by atoms with van der Waals surface area (Å²) in [5.41, 5.74) is 6.43. The van der Waals surface area contributed by atoms with Gasteiger partial charge in [0.05, 0.1) is 37.1 Å². The molecule has 1 saturated heterocycles. The van der Waals surface area contributed by atoms with Gasteiger partial charge in [-0.1, -0.05) is 48.0 Å². The first-order valence-corrected chi connectivity index (χ1v) is 15.7. The van der Waals surface area contributed by atoms with Gasteiger partial charge in [0.2, 0.25) is 5.91 Å². The fourth-order valence-corrected chi connectivity index (χ4v) is 6.11. The summed E-state index contributed by atoms with van der Waals surface area (Å²) in [4.78, 5) is 31.4. The number of aromatic nitrogens is 1. The number of nitrogens with zero attached hydrogens (tertiary/aromatic N) is 4. The lowest BCUT2D eigenvalue weighted by atomic mass is 9.96. The number of amides is 1. The molecular formula is C35H35ClN4O5. The van der Waals surface area contributed by atoms with Crippen molar-refractivity contribution >= 4 is 45.8 Å². The first-order chi connectivity index (χ1) is 21.9. The Hall–Kier alpha value is -4.47. The van der Waals surface area contributed by atoms with Gasteiger partial charge in [0, 0.05) is 55.1 Å². The van der Waals surface area contributed by atoms with Crippen LogP contribution in [0.2, 0.25) is 5.15 Å². The van der Waals surface area contributed by atoms with Crippen LogP contribution in [0.15, 0.2) is 77.9 Å². The van der Waals surface area contributed by atoms with Crippen molar-refractivity contribution in [2.75, 3.05) is 37.8 Å². The first-order valence-electron chi connectivity index (χ1n) is 15.3. The molecular weight excluding hydrogens is 592 g/mol. The predicted molar refractivity (Wildman–Crippen MR) is 175 cm³/mol. The maximum absolute atomic E-state index is 13.4. The van der Waals surface area contributed by atoms with Gasteiger partial charge in [-0.05, 0) is 60.4 Å². The van der Waals surface area contributed by atoms with Crippen LogP contribution in [0.1, 0.15) is 49.8 Å². The number of pyridine rings is 1. The van der Waals surface area contributed by atoms with E-state index in [1.54, 1.807) is 0 Å². The molecule has 1 aromatic heterocycles. The van der Waals surface area contributed by atoms with Gasteiger partial charge in [0.25, 0.3) is 0 Å². The van der Waals surface area contributed by atoms with Crippen LogP contribution in [0.5, 0.6) is 5.75 Å². The molecule has 1 unspecified atom stereocenters. The molecule has 3 aromatic carbocycles. The van der Waals surface area contributed by atoms with E-state index in [2.05, 4.69) is 46.3 Å². The predicted octanol–water partition coefficient (Wildman–Crippen LogP) is 6.72. The Kier molecular flexibility index (Phi) is 9.28. The van der Waals surface area contributed by atoms with E-state index >= 15 is 0 Å². The Labute approximate surface area is 267 Å². The number of benzene rings is 3. The Morgan fingerprint density at radius 2 is 1.64 bits per heavy atom. The van der Waals surface area contributed by atoms with Crippen LogP contribution < -0.4 is 9.64 Å². The second kappa shape index (κ2) is 13.7. The van der Waals surface area contributed by atoms with E-state index in [1.165, 1.54) is 10.7 Å². The Balaban J connectivity index is 1.25. The summed E-state index contributed by atoms with van der Waals surface area (Å²) in [5.74, 6) is -0.482. The third-order valence-electron chi connectivity index (χ3n) is 8.18. The van der Waals surface area contributed by atoms with Gasteiger partial charge >= 0.3 is 5.97 Å². The average molecular weight is 627 g/mol. The average Bonchev–Trinajstić information content (AvgIpc) is 3.50. The molecule has 1 atom stereocenters. The second-order valence-corrected chi connectivity index (χ2v) is 11.5. The van der Waals surface area contributed by atoms with Crippen molar-refractivity contribution in [1.29, 1.82) is 0 Å². The van der Waals surface area contributed by atoms with E-state index < -0.39 is 12.0 Å². The number of carboxylic acid groups (broad SMARTS) is 1. The quantitative estimate of drug-likeness (QED) is 0.195. The Morgan fingerprint density at radius 1 is 0.956 bits per heavy atom. The van der Waals surface area contributed by atoms with Crippen molar-refractivity contribution in [3.05, 3.63) is 89.1 Å². The highest BCUT2D eigenvalue weighted by Crippen LogP contribution is 2.38. The molecule has 0 saturated carbocycles. The van der Waals surface area contributed by atoms with Crippen molar-refractivity contribution < 1.29 is 24.2 Å². The zero-order valence-corrected chi connectivity index (χ0v) is 25.9. The molecule has 0 spiro atoms. The molecule has 0 aliphatic carbocycles. The zero-order chi connectivity index (χ0) is 31.3. The molecule has 0 radical (unpaired) electrons. The minimum absolute atomic E-state index is 0.0648. The summed E-state index contributed by atoms with van der Waals surface area (Å²) in [6, 6.07) is 23.9. The smallest absolute Gasteiger partial charge is 0.303 e. The van der Waals surface area contributed by atoms with Gasteiger partial charge in [0.1, 0.15) is 10.9 Å². The van der Waals surface area contributed by atoms with Crippen LogP contribution in [-0.2, 0) is 14.3 Å². The van der Waals surface area contributed by atoms with Crippen LogP contribution in [-0.4, -0.2) is 65.6 Å². The molecule has 0 bridgehead atoms. The molecule has 1 amide bonds. The van der Waals surface area contributed by atoms with Gasteiger partial charge in [-0.25, -0.2) is 9.99 Å². The van der Waals surface area contributed by atoms with Crippen LogP contribution in [0.3, 0.4) is 0 Å². The van der Waals surface area contributed by atoms with Gasteiger partial charge in [-0.2, -0.15) is 5.10 Å². The number of fused-ring (bicyclic) bond motifs is 1. The number of morpholine rings is 1. The summed E-state index contributed by atoms with van der Waals surface area (Å²) >= 11 is 6.74. The van der Waals surface area contributed by atoms with Crippen LogP contribution in [0.25, 0.3) is 22.0 Å². The number of carbonyl (C=O) groups excluding carboxylic acids is 1. The minimum Gasteiger partial charge on any atom is -0.494 e. The van der Waals surface area contributed by atoms with E-state index in [1.807, 2.05) is 43.3 Å². The molecule has 6 rings (SSSR count). The summed E-state index contributed by atoms with van der Waals surface area (Å²) in [5, 5.41) is 16.5. The van der Waals surface area contributed by atoms with Crippen molar-refractivity contribution in [2.45, 2.75) is 38.6 Å². The van der Waals surface area contributed by atoms with E-state index in [4.69, 9.17) is 31.3 Å². The molecule has 10 heteroatoms. The highest BCUT2D eigenvalue weighted by molar-refractivity contribution is 6.30. The molecule has 1 fully saturated rings. The highest BCUT2D eigenvalue weighted by Gasteiger charge is 2.34. The van der Waals surface area contributed by atoms with Gasteiger partial charge in [0.15, 0.2) is 0 Å². The number of hydrazone groups is 1. The standard InChI is InChI=1S/C35H35ClN4O5/c1-2-45-28-15-12-26-20-29(35(36)37-30(26)21-28)32-22-31(38-40(32)33(41)4-3-5-34(42)43)25-8-6-23(7-9-25)24-10-13-27(14-11-24)39-16-18-44-19-17-39/h6-15,20-21,32H,2-5,16-19,22H2,1H3,(H,42,43). The molecule has 232 valence electrons. The fraction of sp³-hybridized carbons (Fsp3) is 0.314. The number of anilines is 1.